The van der Waals surface area contributed by atoms with Crippen molar-refractivity contribution in [1.29, 1.82) is 0 Å². The molecule has 0 unspecified atom stereocenters. The fraction of sp³-hybridized carbons (Fsp3) is 0.350. The summed E-state index contributed by atoms with van der Waals surface area (Å²) in [6.07, 6.45) is 0.824. The first kappa shape index (κ1) is 21.4. The molecule has 0 spiro atoms. The molecule has 1 atom stereocenters. The van der Waals surface area contributed by atoms with Crippen molar-refractivity contribution >= 4 is 33.2 Å². The summed E-state index contributed by atoms with van der Waals surface area (Å²) in [4.78, 5) is 12.7. The van der Waals surface area contributed by atoms with Crippen molar-refractivity contribution in [2.24, 2.45) is 0 Å². The molecule has 1 amide bonds. The standard InChI is InChI=1S/C20H23ClN2O5S/c1-14(28-18-8-4-3-7-16(18)21)20(24)22-17-13-15(9-10-19(17)27-2)29(25,26)23-11-5-6-12-23/h3-4,7-10,13-14H,5-6,11-12H2,1-2H3,(H,22,24)/t14-/m1/s1. The van der Waals surface area contributed by atoms with Gasteiger partial charge in [-0.3, -0.25) is 4.79 Å². The average molecular weight is 439 g/mol. The van der Waals surface area contributed by atoms with E-state index in [1.165, 1.54) is 29.6 Å². The zero-order chi connectivity index (χ0) is 21.0. The Bertz CT molecular complexity index is 990. The Balaban J connectivity index is 1.80. The monoisotopic (exact) mass is 438 g/mol. The summed E-state index contributed by atoms with van der Waals surface area (Å²) in [6.45, 7) is 2.58. The molecule has 1 N–H and O–H groups in total. The third-order valence-electron chi connectivity index (χ3n) is 4.64. The van der Waals surface area contributed by atoms with Gasteiger partial charge in [0.1, 0.15) is 11.5 Å². The Morgan fingerprint density at radius 3 is 2.48 bits per heavy atom. The van der Waals surface area contributed by atoms with Crippen LogP contribution in [0.3, 0.4) is 0 Å². The summed E-state index contributed by atoms with van der Waals surface area (Å²) in [6, 6.07) is 11.3. The van der Waals surface area contributed by atoms with Gasteiger partial charge in [0.05, 0.1) is 22.7 Å². The van der Waals surface area contributed by atoms with Crippen molar-refractivity contribution in [3.8, 4) is 11.5 Å². The predicted octanol–water partition coefficient (Wildman–Crippen LogP) is 3.54. The van der Waals surface area contributed by atoms with Gasteiger partial charge in [0.25, 0.3) is 5.91 Å². The normalized spacial score (nSPS) is 15.7. The number of benzene rings is 2. The van der Waals surface area contributed by atoms with E-state index in [-0.39, 0.29) is 10.6 Å². The third-order valence-corrected chi connectivity index (χ3v) is 6.85. The minimum Gasteiger partial charge on any atom is -0.495 e. The van der Waals surface area contributed by atoms with Gasteiger partial charge >= 0.3 is 0 Å². The van der Waals surface area contributed by atoms with Crippen molar-refractivity contribution in [3.63, 3.8) is 0 Å². The first-order valence-corrected chi connectivity index (χ1v) is 11.0. The van der Waals surface area contributed by atoms with Crippen LogP contribution in [0.4, 0.5) is 5.69 Å². The first-order chi connectivity index (χ1) is 13.8. The molecule has 7 nitrogen and oxygen atoms in total. The van der Waals surface area contributed by atoms with Crippen LogP contribution in [0.25, 0.3) is 0 Å². The molecule has 29 heavy (non-hydrogen) atoms. The lowest BCUT2D eigenvalue weighted by atomic mass is 10.2. The van der Waals surface area contributed by atoms with Crippen molar-refractivity contribution in [2.45, 2.75) is 30.8 Å². The Kier molecular flexibility index (Phi) is 6.66. The lowest BCUT2D eigenvalue weighted by Gasteiger charge is -2.19. The minimum absolute atomic E-state index is 0.107. The molecule has 1 heterocycles. The summed E-state index contributed by atoms with van der Waals surface area (Å²) in [7, 11) is -2.17. The highest BCUT2D eigenvalue weighted by Crippen LogP contribution is 2.31. The van der Waals surface area contributed by atoms with Crippen LogP contribution < -0.4 is 14.8 Å². The predicted molar refractivity (Wildman–Crippen MR) is 111 cm³/mol. The van der Waals surface area contributed by atoms with E-state index in [9.17, 15) is 13.2 Å². The molecule has 0 bridgehead atoms. The summed E-state index contributed by atoms with van der Waals surface area (Å²) in [5, 5.41) is 3.08. The lowest BCUT2D eigenvalue weighted by Crippen LogP contribution is -2.31. The number of hydrogen-bond donors (Lipinski definition) is 1. The van der Waals surface area contributed by atoms with Gasteiger partial charge in [-0.15, -0.1) is 0 Å². The second kappa shape index (κ2) is 9.02. The van der Waals surface area contributed by atoms with E-state index in [1.54, 1.807) is 31.2 Å². The highest BCUT2D eigenvalue weighted by molar-refractivity contribution is 7.89. The summed E-state index contributed by atoms with van der Waals surface area (Å²) in [5.74, 6) is 0.275. The smallest absolute Gasteiger partial charge is 0.265 e. The van der Waals surface area contributed by atoms with Crippen LogP contribution in [0.5, 0.6) is 11.5 Å². The van der Waals surface area contributed by atoms with Gasteiger partial charge in [-0.05, 0) is 50.1 Å². The molecule has 2 aromatic carbocycles. The van der Waals surface area contributed by atoms with E-state index < -0.39 is 22.0 Å². The molecular formula is C20H23ClN2O5S. The molecular weight excluding hydrogens is 416 g/mol. The number of para-hydroxylation sites is 1. The molecule has 3 rings (SSSR count). The van der Waals surface area contributed by atoms with Crippen LogP contribution in [-0.4, -0.2) is 44.9 Å². The van der Waals surface area contributed by atoms with E-state index in [2.05, 4.69) is 5.32 Å². The fourth-order valence-electron chi connectivity index (χ4n) is 3.04. The third kappa shape index (κ3) is 4.83. The number of rotatable bonds is 7. The number of nitrogens with one attached hydrogen (secondary N) is 1. The maximum Gasteiger partial charge on any atom is 0.265 e. The van der Waals surface area contributed by atoms with Gasteiger partial charge < -0.3 is 14.8 Å². The number of halogens is 1. The number of nitrogens with zero attached hydrogens (tertiary/aromatic N) is 1. The van der Waals surface area contributed by atoms with Gasteiger partial charge in [-0.25, -0.2) is 8.42 Å². The summed E-state index contributed by atoms with van der Waals surface area (Å²) in [5.41, 5.74) is 0.257. The molecule has 9 heteroatoms. The second-order valence-electron chi connectivity index (χ2n) is 6.65. The topological polar surface area (TPSA) is 84.9 Å². The SMILES string of the molecule is COc1ccc(S(=O)(=O)N2CCCC2)cc1NC(=O)[C@@H](C)Oc1ccccc1Cl. The fourth-order valence-corrected chi connectivity index (χ4v) is 4.77. The number of carbonyl (C=O) groups excluding carboxylic acids is 1. The Labute approximate surface area is 175 Å². The number of carbonyl (C=O) groups is 1. The number of ether oxygens (including phenoxy) is 2. The van der Waals surface area contributed by atoms with Gasteiger partial charge in [0.2, 0.25) is 10.0 Å². The van der Waals surface area contributed by atoms with Gasteiger partial charge in [0, 0.05) is 13.1 Å². The van der Waals surface area contributed by atoms with E-state index in [0.717, 1.165) is 12.8 Å². The number of hydrogen-bond acceptors (Lipinski definition) is 5. The number of sulfonamides is 1. The van der Waals surface area contributed by atoms with Gasteiger partial charge in [-0.2, -0.15) is 4.31 Å². The molecule has 1 saturated heterocycles. The van der Waals surface area contributed by atoms with Crippen LogP contribution >= 0.6 is 11.6 Å². The zero-order valence-electron chi connectivity index (χ0n) is 16.2. The molecule has 2 aromatic rings. The average Bonchev–Trinajstić information content (AvgIpc) is 3.25. The minimum atomic E-state index is -3.62. The van der Waals surface area contributed by atoms with Crippen molar-refractivity contribution in [2.75, 3.05) is 25.5 Å². The highest BCUT2D eigenvalue weighted by atomic mass is 35.5. The van der Waals surface area contributed by atoms with Crippen molar-refractivity contribution in [3.05, 3.63) is 47.5 Å². The van der Waals surface area contributed by atoms with E-state index in [4.69, 9.17) is 21.1 Å². The number of amides is 1. The van der Waals surface area contributed by atoms with Crippen molar-refractivity contribution in [1.82, 2.24) is 4.31 Å². The molecule has 0 aliphatic carbocycles. The Hall–Kier alpha value is -2.29. The van der Waals surface area contributed by atoms with E-state index >= 15 is 0 Å². The summed E-state index contributed by atoms with van der Waals surface area (Å²) < 4.78 is 38.0. The van der Waals surface area contributed by atoms with E-state index in [1.807, 2.05) is 0 Å². The Morgan fingerprint density at radius 2 is 1.83 bits per heavy atom. The van der Waals surface area contributed by atoms with Crippen LogP contribution in [0, 0.1) is 0 Å². The second-order valence-corrected chi connectivity index (χ2v) is 9.00. The van der Waals surface area contributed by atoms with Crippen LogP contribution in [-0.2, 0) is 14.8 Å². The van der Waals surface area contributed by atoms with E-state index in [0.29, 0.717) is 29.6 Å². The van der Waals surface area contributed by atoms with Crippen LogP contribution in [0.15, 0.2) is 47.4 Å². The maximum absolute atomic E-state index is 12.8. The number of methoxy groups -OCH3 is 1. The maximum atomic E-state index is 12.8. The number of anilines is 1. The van der Waals surface area contributed by atoms with Crippen LogP contribution in [0.2, 0.25) is 5.02 Å². The summed E-state index contributed by atoms with van der Waals surface area (Å²) >= 11 is 6.07. The molecule has 1 aliphatic rings. The molecule has 0 aromatic heterocycles. The lowest BCUT2D eigenvalue weighted by molar-refractivity contribution is -0.122. The molecule has 0 saturated carbocycles. The largest absolute Gasteiger partial charge is 0.495 e. The zero-order valence-corrected chi connectivity index (χ0v) is 17.8. The molecule has 1 fully saturated rings. The molecule has 156 valence electrons. The quantitative estimate of drug-likeness (QED) is 0.714. The highest BCUT2D eigenvalue weighted by Gasteiger charge is 2.28. The van der Waals surface area contributed by atoms with Crippen molar-refractivity contribution < 1.29 is 22.7 Å². The first-order valence-electron chi connectivity index (χ1n) is 9.23. The van der Waals surface area contributed by atoms with Gasteiger partial charge in [0.15, 0.2) is 6.10 Å². The van der Waals surface area contributed by atoms with Crippen LogP contribution in [0.1, 0.15) is 19.8 Å². The molecule has 1 aliphatic heterocycles. The Morgan fingerprint density at radius 1 is 1.14 bits per heavy atom. The molecule has 0 radical (unpaired) electrons. The van der Waals surface area contributed by atoms with Gasteiger partial charge in [-0.1, -0.05) is 23.7 Å².